The van der Waals surface area contributed by atoms with Gasteiger partial charge < -0.3 is 5.32 Å². The lowest BCUT2D eigenvalue weighted by Gasteiger charge is -2.32. The van der Waals surface area contributed by atoms with Crippen LogP contribution >= 0.6 is 0 Å². The monoisotopic (exact) mass is 269 g/mol. The van der Waals surface area contributed by atoms with Gasteiger partial charge in [0.1, 0.15) is 0 Å². The van der Waals surface area contributed by atoms with Gasteiger partial charge in [-0.1, -0.05) is 13.0 Å². The SMILES string of the molecule is CNCc1ccc(S(=O)(=O)NC2CC(C)C2)nc1. The summed E-state index contributed by atoms with van der Waals surface area (Å²) in [6, 6.07) is 3.40. The van der Waals surface area contributed by atoms with Crippen LogP contribution in [0, 0.1) is 5.92 Å². The Kier molecular flexibility index (Phi) is 3.99. The first-order chi connectivity index (χ1) is 8.51. The van der Waals surface area contributed by atoms with Gasteiger partial charge in [0.15, 0.2) is 5.03 Å². The van der Waals surface area contributed by atoms with E-state index in [1.807, 2.05) is 7.05 Å². The van der Waals surface area contributed by atoms with E-state index in [-0.39, 0.29) is 11.1 Å². The van der Waals surface area contributed by atoms with E-state index in [1.165, 1.54) is 0 Å². The standard InChI is InChI=1S/C12H19N3O2S/c1-9-5-11(6-9)15-18(16,17)12-4-3-10(7-13-2)8-14-12/h3-4,8-9,11,13,15H,5-7H2,1-2H3. The summed E-state index contributed by atoms with van der Waals surface area (Å²) < 4.78 is 26.7. The van der Waals surface area contributed by atoms with Crippen LogP contribution in [-0.4, -0.2) is 26.5 Å². The highest BCUT2D eigenvalue weighted by Gasteiger charge is 2.30. The van der Waals surface area contributed by atoms with Crippen molar-refractivity contribution in [1.82, 2.24) is 15.0 Å². The predicted octanol–water partition coefficient (Wildman–Crippen LogP) is 0.878. The van der Waals surface area contributed by atoms with Gasteiger partial charge >= 0.3 is 0 Å². The number of nitrogens with one attached hydrogen (secondary N) is 2. The molecule has 6 heteroatoms. The topological polar surface area (TPSA) is 71.1 Å². The van der Waals surface area contributed by atoms with Crippen LogP contribution in [0.2, 0.25) is 0 Å². The lowest BCUT2D eigenvalue weighted by Crippen LogP contribution is -2.43. The molecule has 1 aromatic heterocycles. The average molecular weight is 269 g/mol. The van der Waals surface area contributed by atoms with Gasteiger partial charge in [-0.2, -0.15) is 0 Å². The number of pyridine rings is 1. The lowest BCUT2D eigenvalue weighted by atomic mass is 9.83. The van der Waals surface area contributed by atoms with Crippen molar-refractivity contribution in [3.8, 4) is 0 Å². The van der Waals surface area contributed by atoms with Crippen molar-refractivity contribution in [3.63, 3.8) is 0 Å². The Morgan fingerprint density at radius 2 is 2.11 bits per heavy atom. The molecule has 1 aliphatic carbocycles. The van der Waals surface area contributed by atoms with Crippen LogP contribution in [0.15, 0.2) is 23.4 Å². The molecule has 0 bridgehead atoms. The predicted molar refractivity (Wildman–Crippen MR) is 69.5 cm³/mol. The number of sulfonamides is 1. The molecule has 0 saturated heterocycles. The molecule has 1 fully saturated rings. The van der Waals surface area contributed by atoms with Crippen LogP contribution in [0.4, 0.5) is 0 Å². The summed E-state index contributed by atoms with van der Waals surface area (Å²) in [5.74, 6) is 0.615. The van der Waals surface area contributed by atoms with Crippen molar-refractivity contribution in [2.24, 2.45) is 5.92 Å². The zero-order valence-corrected chi connectivity index (χ0v) is 11.5. The molecule has 18 heavy (non-hydrogen) atoms. The van der Waals surface area contributed by atoms with Gasteiger partial charge in [-0.25, -0.2) is 18.1 Å². The van der Waals surface area contributed by atoms with Crippen molar-refractivity contribution >= 4 is 10.0 Å². The van der Waals surface area contributed by atoms with E-state index in [0.29, 0.717) is 12.5 Å². The molecule has 0 aromatic carbocycles. The Bertz CT molecular complexity index is 493. The Labute approximate surface area is 108 Å². The molecule has 2 rings (SSSR count). The molecule has 0 unspecified atom stereocenters. The average Bonchev–Trinajstić information content (AvgIpc) is 2.28. The maximum atomic E-state index is 12.0. The summed E-state index contributed by atoms with van der Waals surface area (Å²) in [7, 11) is -1.62. The van der Waals surface area contributed by atoms with Crippen LogP contribution in [-0.2, 0) is 16.6 Å². The second-order valence-corrected chi connectivity index (χ2v) is 6.59. The largest absolute Gasteiger partial charge is 0.316 e. The molecule has 1 saturated carbocycles. The van der Waals surface area contributed by atoms with Gasteiger partial charge in [-0.15, -0.1) is 0 Å². The summed E-state index contributed by atoms with van der Waals surface area (Å²) in [6.07, 6.45) is 3.42. The summed E-state index contributed by atoms with van der Waals surface area (Å²) in [5, 5.41) is 3.09. The van der Waals surface area contributed by atoms with Gasteiger partial charge in [0.25, 0.3) is 10.0 Å². The summed E-state index contributed by atoms with van der Waals surface area (Å²) in [5.41, 5.74) is 0.966. The zero-order chi connectivity index (χ0) is 13.2. The third-order valence-electron chi connectivity index (χ3n) is 3.15. The van der Waals surface area contributed by atoms with E-state index in [0.717, 1.165) is 18.4 Å². The van der Waals surface area contributed by atoms with Crippen LogP contribution in [0.25, 0.3) is 0 Å². The van der Waals surface area contributed by atoms with Gasteiger partial charge in [-0.05, 0) is 37.4 Å². The number of hydrogen-bond acceptors (Lipinski definition) is 4. The second kappa shape index (κ2) is 5.34. The molecule has 0 amide bonds. The molecule has 1 heterocycles. The molecular weight excluding hydrogens is 250 g/mol. The number of nitrogens with zero attached hydrogens (tertiary/aromatic N) is 1. The second-order valence-electron chi connectivity index (χ2n) is 4.93. The van der Waals surface area contributed by atoms with Crippen LogP contribution < -0.4 is 10.0 Å². The van der Waals surface area contributed by atoms with Crippen molar-refractivity contribution in [2.45, 2.75) is 37.4 Å². The minimum Gasteiger partial charge on any atom is -0.316 e. The minimum absolute atomic E-state index is 0.0729. The first-order valence-electron chi connectivity index (χ1n) is 6.13. The van der Waals surface area contributed by atoms with Gasteiger partial charge in [0, 0.05) is 18.8 Å². The number of aromatic nitrogens is 1. The molecular formula is C12H19N3O2S. The van der Waals surface area contributed by atoms with E-state index in [1.54, 1.807) is 18.3 Å². The van der Waals surface area contributed by atoms with Crippen molar-refractivity contribution in [3.05, 3.63) is 23.9 Å². The van der Waals surface area contributed by atoms with E-state index in [2.05, 4.69) is 21.9 Å². The van der Waals surface area contributed by atoms with Crippen molar-refractivity contribution in [2.75, 3.05) is 7.05 Å². The first-order valence-corrected chi connectivity index (χ1v) is 7.61. The Balaban J connectivity index is 2.04. The normalized spacial score (nSPS) is 23.7. The summed E-state index contributed by atoms with van der Waals surface area (Å²) in [6.45, 7) is 2.80. The van der Waals surface area contributed by atoms with Crippen molar-refractivity contribution in [1.29, 1.82) is 0 Å². The summed E-state index contributed by atoms with van der Waals surface area (Å²) in [4.78, 5) is 4.01. The van der Waals surface area contributed by atoms with Crippen LogP contribution in [0.5, 0.6) is 0 Å². The Hall–Kier alpha value is -0.980. The Morgan fingerprint density at radius 1 is 1.39 bits per heavy atom. The molecule has 0 spiro atoms. The van der Waals surface area contributed by atoms with E-state index < -0.39 is 10.0 Å². The minimum atomic E-state index is -3.46. The highest BCUT2D eigenvalue weighted by Crippen LogP contribution is 2.27. The fourth-order valence-electron chi connectivity index (χ4n) is 2.16. The molecule has 1 aliphatic rings. The molecule has 100 valence electrons. The highest BCUT2D eigenvalue weighted by molar-refractivity contribution is 7.89. The number of hydrogen-bond donors (Lipinski definition) is 2. The highest BCUT2D eigenvalue weighted by atomic mass is 32.2. The van der Waals surface area contributed by atoms with Crippen LogP contribution in [0.3, 0.4) is 0 Å². The third kappa shape index (κ3) is 3.07. The van der Waals surface area contributed by atoms with Gasteiger partial charge in [0.2, 0.25) is 0 Å². The van der Waals surface area contributed by atoms with E-state index >= 15 is 0 Å². The van der Waals surface area contributed by atoms with Crippen LogP contribution in [0.1, 0.15) is 25.3 Å². The molecule has 0 atom stereocenters. The van der Waals surface area contributed by atoms with E-state index in [9.17, 15) is 8.42 Å². The smallest absolute Gasteiger partial charge is 0.258 e. The molecule has 1 aromatic rings. The third-order valence-corrected chi connectivity index (χ3v) is 4.59. The zero-order valence-electron chi connectivity index (χ0n) is 10.7. The molecule has 0 radical (unpaired) electrons. The van der Waals surface area contributed by atoms with Gasteiger partial charge in [-0.3, -0.25) is 0 Å². The first kappa shape index (κ1) is 13.5. The molecule has 2 N–H and O–H groups in total. The van der Waals surface area contributed by atoms with Gasteiger partial charge in [0.05, 0.1) is 0 Å². The fourth-order valence-corrected chi connectivity index (χ4v) is 3.35. The molecule has 0 aliphatic heterocycles. The van der Waals surface area contributed by atoms with Crippen molar-refractivity contribution < 1.29 is 8.42 Å². The maximum Gasteiger partial charge on any atom is 0.258 e. The van der Waals surface area contributed by atoms with E-state index in [4.69, 9.17) is 0 Å². The lowest BCUT2D eigenvalue weighted by molar-refractivity contribution is 0.270. The Morgan fingerprint density at radius 3 is 2.61 bits per heavy atom. The quantitative estimate of drug-likeness (QED) is 0.832. The number of rotatable bonds is 5. The summed E-state index contributed by atoms with van der Waals surface area (Å²) >= 11 is 0. The maximum absolute atomic E-state index is 12.0. The fraction of sp³-hybridized carbons (Fsp3) is 0.583. The molecule has 5 nitrogen and oxygen atoms in total.